The van der Waals surface area contributed by atoms with E-state index in [0.717, 1.165) is 5.69 Å². The maximum Gasteiger partial charge on any atom is 0.246 e. The number of piperazine rings is 1. The molecule has 1 aliphatic rings. The van der Waals surface area contributed by atoms with E-state index in [0.29, 0.717) is 36.9 Å². The van der Waals surface area contributed by atoms with Crippen LogP contribution in [0.15, 0.2) is 52.6 Å². The number of rotatable bonds is 7. The number of nitrogens with one attached hydrogen (secondary N) is 1. The number of aliphatic imine (C=N–C) groups is 1. The number of hydrogen-bond acceptors (Lipinski definition) is 5. The molecule has 31 heavy (non-hydrogen) atoms. The number of hydrogen-bond donors (Lipinski definition) is 1. The van der Waals surface area contributed by atoms with E-state index in [-0.39, 0.29) is 24.2 Å². The molecule has 2 heterocycles. The minimum Gasteiger partial charge on any atom is -0.352 e. The molecule has 0 spiro atoms. The first-order chi connectivity index (χ1) is 14.8. The summed E-state index contributed by atoms with van der Waals surface area (Å²) in [6.07, 6.45) is 4.10. The van der Waals surface area contributed by atoms with Crippen molar-refractivity contribution in [2.45, 2.75) is 31.2 Å². The Morgan fingerprint density at radius 2 is 1.97 bits per heavy atom. The molecule has 1 fully saturated rings. The number of carbonyl (C=O) groups excluding carboxylic acids is 1. The van der Waals surface area contributed by atoms with Crippen molar-refractivity contribution >= 4 is 27.4 Å². The highest BCUT2D eigenvalue weighted by Gasteiger charge is 2.29. The van der Waals surface area contributed by atoms with Crippen molar-refractivity contribution in [2.24, 2.45) is 12.0 Å². The van der Waals surface area contributed by atoms with Crippen LogP contribution >= 0.6 is 0 Å². The molecular formula is C21H30N6O3S. The largest absolute Gasteiger partial charge is 0.352 e. The summed E-state index contributed by atoms with van der Waals surface area (Å²) in [5, 5.41) is 7.42. The highest BCUT2D eigenvalue weighted by molar-refractivity contribution is 7.91. The normalized spacial score (nSPS) is 16.5. The Bertz CT molecular complexity index is 1020. The molecule has 2 aromatic rings. The van der Waals surface area contributed by atoms with Gasteiger partial charge in [0.05, 0.1) is 22.5 Å². The summed E-state index contributed by atoms with van der Waals surface area (Å²) in [5.41, 5.74) is 0.773. The Hall–Kier alpha value is -2.88. The number of nitrogens with zero attached hydrogens (tertiary/aromatic N) is 5. The molecule has 0 saturated carbocycles. The van der Waals surface area contributed by atoms with Gasteiger partial charge in [0.25, 0.3) is 0 Å². The molecule has 0 radical (unpaired) electrons. The molecule has 168 valence electrons. The predicted octanol–water partition coefficient (Wildman–Crippen LogP) is 1.29. The zero-order valence-corrected chi connectivity index (χ0v) is 19.0. The molecule has 1 aromatic carbocycles. The number of carbonyl (C=O) groups is 1. The molecule has 10 heteroatoms. The number of aryl methyl sites for hydroxylation is 1. The summed E-state index contributed by atoms with van der Waals surface area (Å²) in [4.78, 5) is 21.2. The van der Waals surface area contributed by atoms with E-state index < -0.39 is 9.84 Å². The smallest absolute Gasteiger partial charge is 0.246 e. The monoisotopic (exact) mass is 446 g/mol. The van der Waals surface area contributed by atoms with Crippen molar-refractivity contribution in [2.75, 3.05) is 36.8 Å². The molecule has 0 bridgehead atoms. The van der Waals surface area contributed by atoms with E-state index in [2.05, 4.69) is 15.4 Å². The highest BCUT2D eigenvalue weighted by Crippen LogP contribution is 2.17. The highest BCUT2D eigenvalue weighted by atomic mass is 32.2. The van der Waals surface area contributed by atoms with Gasteiger partial charge >= 0.3 is 0 Å². The summed E-state index contributed by atoms with van der Waals surface area (Å²) in [6.45, 7) is 5.65. The standard InChI is InChI=1S/C21H30N6O3S/c1-4-17(16-31(29,30)19-9-7-6-8-10-19)24-21(22-5-2)26-11-12-27(20(28)15-26)18-13-23-25(3)14-18/h6-10,13-14,17H,4-5,11-12,15-16H2,1-3H3,(H,22,24). The molecule has 0 aliphatic carbocycles. The predicted molar refractivity (Wildman–Crippen MR) is 121 cm³/mol. The van der Waals surface area contributed by atoms with Gasteiger partial charge in [0, 0.05) is 38.9 Å². The third-order valence-corrected chi connectivity index (χ3v) is 7.01. The van der Waals surface area contributed by atoms with Crippen LogP contribution in [-0.4, -0.2) is 72.9 Å². The quantitative estimate of drug-likeness (QED) is 0.508. The van der Waals surface area contributed by atoms with Crippen LogP contribution in [0.25, 0.3) is 0 Å². The minimum absolute atomic E-state index is 0.0418. The molecule has 1 unspecified atom stereocenters. The van der Waals surface area contributed by atoms with E-state index in [4.69, 9.17) is 0 Å². The second-order valence-corrected chi connectivity index (χ2v) is 9.52. The molecule has 1 aliphatic heterocycles. The summed E-state index contributed by atoms with van der Waals surface area (Å²) in [6, 6.07) is 8.14. The summed E-state index contributed by atoms with van der Waals surface area (Å²) in [5.74, 6) is 0.478. The van der Waals surface area contributed by atoms with Crippen molar-refractivity contribution in [1.82, 2.24) is 20.0 Å². The van der Waals surface area contributed by atoms with Gasteiger partial charge in [-0.1, -0.05) is 25.1 Å². The van der Waals surface area contributed by atoms with Gasteiger partial charge in [-0.15, -0.1) is 0 Å². The Kier molecular flexibility index (Phi) is 7.32. The number of anilines is 1. The molecule has 1 atom stereocenters. The number of aromatic nitrogens is 2. The Morgan fingerprint density at radius 1 is 1.23 bits per heavy atom. The Balaban J connectivity index is 1.69. The summed E-state index contributed by atoms with van der Waals surface area (Å²) >= 11 is 0. The van der Waals surface area contributed by atoms with Gasteiger partial charge in [0.15, 0.2) is 15.8 Å². The third kappa shape index (κ3) is 5.63. The van der Waals surface area contributed by atoms with Crippen LogP contribution in [0.4, 0.5) is 5.69 Å². The lowest BCUT2D eigenvalue weighted by atomic mass is 10.2. The molecule has 1 N–H and O–H groups in total. The fraction of sp³-hybridized carbons (Fsp3) is 0.476. The van der Waals surface area contributed by atoms with Crippen molar-refractivity contribution < 1.29 is 13.2 Å². The third-order valence-electron chi connectivity index (χ3n) is 5.18. The zero-order chi connectivity index (χ0) is 22.4. The van der Waals surface area contributed by atoms with Gasteiger partial charge in [0.1, 0.15) is 6.54 Å². The van der Waals surface area contributed by atoms with Crippen molar-refractivity contribution in [3.63, 3.8) is 0 Å². The fourth-order valence-electron chi connectivity index (χ4n) is 3.49. The van der Waals surface area contributed by atoms with Crippen LogP contribution in [0, 0.1) is 0 Å². The number of sulfone groups is 1. The average molecular weight is 447 g/mol. The average Bonchev–Trinajstić information content (AvgIpc) is 3.19. The molecule has 9 nitrogen and oxygen atoms in total. The second kappa shape index (κ2) is 9.95. The van der Waals surface area contributed by atoms with Gasteiger partial charge in [-0.25, -0.2) is 8.42 Å². The van der Waals surface area contributed by atoms with Crippen LogP contribution in [-0.2, 0) is 21.7 Å². The van der Waals surface area contributed by atoms with Gasteiger partial charge in [-0.2, -0.15) is 5.10 Å². The Morgan fingerprint density at radius 3 is 2.55 bits per heavy atom. The zero-order valence-electron chi connectivity index (χ0n) is 18.2. The number of benzene rings is 1. The van der Waals surface area contributed by atoms with Crippen LogP contribution in [0.3, 0.4) is 0 Å². The first kappa shape index (κ1) is 22.8. The van der Waals surface area contributed by atoms with E-state index in [1.54, 1.807) is 46.1 Å². The maximum absolute atomic E-state index is 12.8. The molecule has 1 saturated heterocycles. The number of amides is 1. The summed E-state index contributed by atoms with van der Waals surface area (Å²) in [7, 11) is -1.62. The van der Waals surface area contributed by atoms with Crippen LogP contribution in [0.2, 0.25) is 0 Å². The van der Waals surface area contributed by atoms with Crippen LogP contribution < -0.4 is 10.2 Å². The van der Waals surface area contributed by atoms with Crippen molar-refractivity contribution in [1.29, 1.82) is 0 Å². The van der Waals surface area contributed by atoms with Crippen LogP contribution in [0.1, 0.15) is 20.3 Å². The lowest BCUT2D eigenvalue weighted by molar-refractivity contribution is -0.120. The number of guanidine groups is 1. The van der Waals surface area contributed by atoms with Gasteiger partial charge in [-0.3, -0.25) is 14.5 Å². The van der Waals surface area contributed by atoms with Crippen LogP contribution in [0.5, 0.6) is 0 Å². The molecular weight excluding hydrogens is 416 g/mol. The minimum atomic E-state index is -3.44. The van der Waals surface area contributed by atoms with Gasteiger partial charge in [0.2, 0.25) is 5.91 Å². The van der Waals surface area contributed by atoms with Gasteiger partial charge in [-0.05, 0) is 25.5 Å². The first-order valence-corrected chi connectivity index (χ1v) is 12.1. The first-order valence-electron chi connectivity index (χ1n) is 10.5. The van der Waals surface area contributed by atoms with E-state index in [1.807, 2.05) is 32.0 Å². The molecule has 1 amide bonds. The second-order valence-electron chi connectivity index (χ2n) is 7.48. The lowest BCUT2D eigenvalue weighted by Crippen LogP contribution is -2.57. The van der Waals surface area contributed by atoms with Crippen molar-refractivity contribution in [3.05, 3.63) is 42.7 Å². The topological polar surface area (TPSA) is 99.9 Å². The Labute approximate surface area is 183 Å². The summed E-state index contributed by atoms with van der Waals surface area (Å²) < 4.78 is 27.3. The maximum atomic E-state index is 12.8. The molecule has 1 aromatic heterocycles. The SMILES string of the molecule is CCN=C(NC(CC)CS(=O)(=O)c1ccccc1)N1CCN(c2cnn(C)c2)C(=O)C1. The van der Waals surface area contributed by atoms with E-state index in [9.17, 15) is 13.2 Å². The molecule has 3 rings (SSSR count). The van der Waals surface area contributed by atoms with E-state index in [1.165, 1.54) is 0 Å². The van der Waals surface area contributed by atoms with Crippen molar-refractivity contribution in [3.8, 4) is 0 Å². The van der Waals surface area contributed by atoms with Gasteiger partial charge < -0.3 is 15.1 Å². The fourth-order valence-corrected chi connectivity index (χ4v) is 5.11. The lowest BCUT2D eigenvalue weighted by Gasteiger charge is -2.36. The van der Waals surface area contributed by atoms with E-state index >= 15 is 0 Å².